The molecular weight excluding hydrogens is 332 g/mol. The lowest BCUT2D eigenvalue weighted by molar-refractivity contribution is -0.131. The number of urea groups is 1. The molecule has 0 aromatic carbocycles. The minimum Gasteiger partial charge on any atom is -0.353 e. The van der Waals surface area contributed by atoms with Crippen molar-refractivity contribution in [2.75, 3.05) is 6.54 Å². The second kappa shape index (κ2) is 6.83. The van der Waals surface area contributed by atoms with Crippen LogP contribution >= 0.6 is 0 Å². The quantitative estimate of drug-likeness (QED) is 0.655. The van der Waals surface area contributed by atoms with Gasteiger partial charge in [0.05, 0.1) is 0 Å². The second-order valence-electron chi connectivity index (χ2n) is 8.70. The van der Waals surface area contributed by atoms with Crippen molar-refractivity contribution in [3.05, 3.63) is 0 Å². The summed E-state index contributed by atoms with van der Waals surface area (Å²) < 4.78 is 0. The van der Waals surface area contributed by atoms with Crippen LogP contribution in [0.4, 0.5) is 4.79 Å². The molecule has 4 N–H and O–H groups in total. The molecule has 7 nitrogen and oxygen atoms in total. The molecule has 0 radical (unpaired) electrons. The van der Waals surface area contributed by atoms with E-state index in [0.717, 1.165) is 38.5 Å². The zero-order chi connectivity index (χ0) is 18.3. The molecule has 0 aromatic heterocycles. The summed E-state index contributed by atoms with van der Waals surface area (Å²) in [6.07, 6.45) is 8.98. The van der Waals surface area contributed by atoms with Gasteiger partial charge in [0.1, 0.15) is 5.54 Å². The molecule has 0 aromatic rings. The molecular formula is C19H30N4O3. The van der Waals surface area contributed by atoms with Crippen LogP contribution in [0.3, 0.4) is 0 Å². The van der Waals surface area contributed by atoms with Crippen molar-refractivity contribution in [2.45, 2.75) is 81.8 Å². The molecule has 1 spiro atoms. The fourth-order valence-electron chi connectivity index (χ4n) is 5.69. The fourth-order valence-corrected chi connectivity index (χ4v) is 5.69. The number of carbonyl (C=O) groups is 3. The molecule has 4 amide bonds. The summed E-state index contributed by atoms with van der Waals surface area (Å²) in [7, 11) is 0. The van der Waals surface area contributed by atoms with Crippen LogP contribution < -0.4 is 16.4 Å². The number of rotatable bonds is 4. The van der Waals surface area contributed by atoms with Crippen LogP contribution in [0.2, 0.25) is 0 Å². The maximum Gasteiger partial charge on any atom is 0.325 e. The number of fused-ring (bicyclic) bond motifs is 2. The fraction of sp³-hybridized carbons (Fsp3) is 0.842. The van der Waals surface area contributed by atoms with E-state index in [2.05, 4.69) is 10.6 Å². The molecule has 1 heterocycles. The van der Waals surface area contributed by atoms with Gasteiger partial charge in [-0.3, -0.25) is 14.5 Å². The summed E-state index contributed by atoms with van der Waals surface area (Å²) in [6.45, 7) is 0.166. The van der Waals surface area contributed by atoms with Crippen LogP contribution in [-0.2, 0) is 9.59 Å². The molecule has 3 aliphatic carbocycles. The zero-order valence-electron chi connectivity index (χ0n) is 15.3. The highest BCUT2D eigenvalue weighted by Gasteiger charge is 2.52. The summed E-state index contributed by atoms with van der Waals surface area (Å²) in [5.74, 6) is 0.739. The molecule has 1 saturated heterocycles. The van der Waals surface area contributed by atoms with Crippen molar-refractivity contribution in [1.82, 2.24) is 15.5 Å². The third-order valence-corrected chi connectivity index (χ3v) is 6.97. The van der Waals surface area contributed by atoms with Gasteiger partial charge in [0.2, 0.25) is 5.91 Å². The first-order chi connectivity index (χ1) is 12.5. The molecule has 2 bridgehead atoms. The van der Waals surface area contributed by atoms with Gasteiger partial charge in [-0.15, -0.1) is 0 Å². The second-order valence-corrected chi connectivity index (χ2v) is 8.70. The van der Waals surface area contributed by atoms with E-state index in [-0.39, 0.29) is 42.9 Å². The Morgan fingerprint density at radius 2 is 1.81 bits per heavy atom. The average Bonchev–Trinajstić information content (AvgIpc) is 3.13. The number of amides is 4. The van der Waals surface area contributed by atoms with E-state index in [1.807, 2.05) is 0 Å². The van der Waals surface area contributed by atoms with Gasteiger partial charge in [-0.1, -0.05) is 19.3 Å². The highest BCUT2D eigenvalue weighted by Crippen LogP contribution is 2.39. The Labute approximate surface area is 154 Å². The first-order valence-electron chi connectivity index (χ1n) is 10.2. The summed E-state index contributed by atoms with van der Waals surface area (Å²) in [5, 5.41) is 6.06. The number of nitrogens with one attached hydrogen (secondary N) is 2. The smallest absolute Gasteiger partial charge is 0.325 e. The van der Waals surface area contributed by atoms with E-state index in [1.54, 1.807) is 0 Å². The molecule has 4 rings (SSSR count). The normalized spacial score (nSPS) is 35.7. The lowest BCUT2D eigenvalue weighted by Gasteiger charge is -2.45. The predicted molar refractivity (Wildman–Crippen MR) is 96.0 cm³/mol. The van der Waals surface area contributed by atoms with Crippen molar-refractivity contribution in [3.8, 4) is 0 Å². The molecule has 2 atom stereocenters. The maximum absolute atomic E-state index is 12.6. The highest BCUT2D eigenvalue weighted by atomic mass is 16.2. The van der Waals surface area contributed by atoms with E-state index in [0.29, 0.717) is 24.7 Å². The van der Waals surface area contributed by atoms with Crippen molar-refractivity contribution >= 4 is 17.8 Å². The number of hydrogen-bond donors (Lipinski definition) is 3. The van der Waals surface area contributed by atoms with Crippen LogP contribution in [0.15, 0.2) is 0 Å². The highest BCUT2D eigenvalue weighted by molar-refractivity contribution is 6.07. The number of imide groups is 1. The molecule has 144 valence electrons. The third kappa shape index (κ3) is 3.10. The van der Waals surface area contributed by atoms with Crippen molar-refractivity contribution in [2.24, 2.45) is 17.6 Å². The van der Waals surface area contributed by atoms with Gasteiger partial charge in [-0.25, -0.2) is 4.79 Å². The van der Waals surface area contributed by atoms with E-state index < -0.39 is 5.54 Å². The Hall–Kier alpha value is -1.63. The topological polar surface area (TPSA) is 105 Å². The van der Waals surface area contributed by atoms with Crippen LogP contribution in [0.25, 0.3) is 0 Å². The van der Waals surface area contributed by atoms with Gasteiger partial charge >= 0.3 is 6.03 Å². The summed E-state index contributed by atoms with van der Waals surface area (Å²) in [4.78, 5) is 38.6. The monoisotopic (exact) mass is 362 g/mol. The minimum absolute atomic E-state index is 0.0599. The van der Waals surface area contributed by atoms with Gasteiger partial charge in [0.25, 0.3) is 5.91 Å². The number of nitrogens with zero attached hydrogens (tertiary/aromatic N) is 1. The average molecular weight is 362 g/mol. The van der Waals surface area contributed by atoms with Crippen LogP contribution in [0, 0.1) is 11.8 Å². The minimum atomic E-state index is -0.690. The molecule has 2 unspecified atom stereocenters. The lowest BCUT2D eigenvalue weighted by atomic mass is 9.67. The summed E-state index contributed by atoms with van der Waals surface area (Å²) in [5.41, 5.74) is 5.46. The van der Waals surface area contributed by atoms with Crippen LogP contribution in [0.5, 0.6) is 0 Å². The first-order valence-corrected chi connectivity index (χ1v) is 10.2. The number of nitrogens with two attached hydrogens (primary N) is 1. The number of hydrogen-bond acceptors (Lipinski definition) is 4. The standard InChI is InChI=1S/C19H30N4O3/c20-14-10-12-4-3-5-13(11-14)16(12)21-15(24)6-9-23-17(25)19(22-18(23)26)7-1-2-8-19/h12-14,16H,1-11,20H2,(H,21,24)(H,22,26). The van der Waals surface area contributed by atoms with E-state index in [9.17, 15) is 14.4 Å². The van der Waals surface area contributed by atoms with Gasteiger partial charge in [-0.05, 0) is 50.4 Å². The van der Waals surface area contributed by atoms with Crippen molar-refractivity contribution < 1.29 is 14.4 Å². The summed E-state index contributed by atoms with van der Waals surface area (Å²) >= 11 is 0. The Morgan fingerprint density at radius 1 is 1.15 bits per heavy atom. The van der Waals surface area contributed by atoms with E-state index in [4.69, 9.17) is 5.73 Å². The van der Waals surface area contributed by atoms with E-state index >= 15 is 0 Å². The zero-order valence-corrected chi connectivity index (χ0v) is 15.3. The molecule has 4 fully saturated rings. The van der Waals surface area contributed by atoms with E-state index in [1.165, 1.54) is 11.3 Å². The Kier molecular flexibility index (Phi) is 4.67. The Balaban J connectivity index is 1.32. The SMILES string of the molecule is NC1CC2CCCC(C1)C2NC(=O)CCN1C(=O)NC2(CCCC2)C1=O. The van der Waals surface area contributed by atoms with Gasteiger partial charge in [0, 0.05) is 25.0 Å². The molecule has 26 heavy (non-hydrogen) atoms. The maximum atomic E-state index is 12.6. The first kappa shape index (κ1) is 17.8. The molecule has 1 aliphatic heterocycles. The number of carbonyl (C=O) groups excluding carboxylic acids is 3. The Morgan fingerprint density at radius 3 is 2.46 bits per heavy atom. The van der Waals surface area contributed by atoms with Gasteiger partial charge in [0.15, 0.2) is 0 Å². The largest absolute Gasteiger partial charge is 0.353 e. The predicted octanol–water partition coefficient (Wildman–Crippen LogP) is 1.26. The van der Waals surface area contributed by atoms with Gasteiger partial charge in [-0.2, -0.15) is 0 Å². The Bertz CT molecular complexity index is 588. The molecule has 7 heteroatoms. The van der Waals surface area contributed by atoms with Crippen LogP contribution in [0.1, 0.15) is 64.2 Å². The van der Waals surface area contributed by atoms with Gasteiger partial charge < -0.3 is 16.4 Å². The summed E-state index contributed by atoms with van der Waals surface area (Å²) in [6, 6.07) is 0.123. The lowest BCUT2D eigenvalue weighted by Crippen LogP contribution is -2.54. The third-order valence-electron chi connectivity index (χ3n) is 6.97. The van der Waals surface area contributed by atoms with Crippen molar-refractivity contribution in [3.63, 3.8) is 0 Å². The van der Waals surface area contributed by atoms with Crippen molar-refractivity contribution in [1.29, 1.82) is 0 Å². The van der Waals surface area contributed by atoms with Crippen LogP contribution in [-0.4, -0.2) is 46.9 Å². The molecule has 4 aliphatic rings. The molecule has 3 saturated carbocycles.